The summed E-state index contributed by atoms with van der Waals surface area (Å²) in [5.41, 5.74) is -2.00. The van der Waals surface area contributed by atoms with E-state index >= 15 is 0 Å². The van der Waals surface area contributed by atoms with Crippen molar-refractivity contribution in [3.05, 3.63) is 17.4 Å². The Morgan fingerprint density at radius 1 is 1.33 bits per heavy atom. The highest BCUT2D eigenvalue weighted by Gasteiger charge is 2.29. The van der Waals surface area contributed by atoms with Crippen LogP contribution >= 0.6 is 0 Å². The van der Waals surface area contributed by atoms with Gasteiger partial charge in [0.2, 0.25) is 0 Å². The zero-order chi connectivity index (χ0) is 11.8. The molecule has 0 bridgehead atoms. The van der Waals surface area contributed by atoms with Gasteiger partial charge in [-0.15, -0.1) is 0 Å². The van der Waals surface area contributed by atoms with E-state index in [9.17, 15) is 19.7 Å². The highest BCUT2D eigenvalue weighted by molar-refractivity contribution is 5.53. The quantitative estimate of drug-likeness (QED) is 0.655. The summed E-state index contributed by atoms with van der Waals surface area (Å²) in [6.07, 6.45) is 0. The molecule has 15 heavy (non-hydrogen) atoms. The van der Waals surface area contributed by atoms with Crippen LogP contribution in [0.3, 0.4) is 0 Å². The van der Waals surface area contributed by atoms with Gasteiger partial charge in [0.15, 0.2) is 23.1 Å². The Labute approximate surface area is 86.6 Å². The molecule has 1 aromatic rings. The zero-order valence-electron chi connectivity index (χ0n) is 8.71. The fraction of sp³-hybridized carbons (Fsp3) is 0.400. The molecular weight excluding hydrogens is 203 g/mol. The molecule has 0 aliphatic carbocycles. The molecule has 0 saturated carbocycles. The molecule has 0 aliphatic rings. The van der Waals surface area contributed by atoms with E-state index in [2.05, 4.69) is 4.74 Å². The van der Waals surface area contributed by atoms with Crippen molar-refractivity contribution in [2.45, 2.75) is 19.4 Å². The molecular formula is C10H13FO4. The maximum absolute atomic E-state index is 13.7. The third-order valence-corrected chi connectivity index (χ3v) is 2.01. The van der Waals surface area contributed by atoms with Crippen molar-refractivity contribution >= 4 is 0 Å². The number of rotatable bonds is 2. The molecule has 0 aliphatic heterocycles. The highest BCUT2D eigenvalue weighted by atomic mass is 19.1. The monoisotopic (exact) mass is 216 g/mol. The lowest BCUT2D eigenvalue weighted by Gasteiger charge is -2.21. The van der Waals surface area contributed by atoms with Crippen LogP contribution in [0.2, 0.25) is 0 Å². The van der Waals surface area contributed by atoms with Gasteiger partial charge in [0.1, 0.15) is 0 Å². The van der Waals surface area contributed by atoms with Gasteiger partial charge in [-0.1, -0.05) is 0 Å². The molecule has 84 valence electrons. The second-order valence-corrected chi connectivity index (χ2v) is 3.69. The van der Waals surface area contributed by atoms with Crippen LogP contribution in [0.4, 0.5) is 4.39 Å². The summed E-state index contributed by atoms with van der Waals surface area (Å²) in [6.45, 7) is 2.59. The number of halogens is 1. The van der Waals surface area contributed by atoms with Crippen molar-refractivity contribution < 1.29 is 24.4 Å². The summed E-state index contributed by atoms with van der Waals surface area (Å²) in [7, 11) is 1.23. The fourth-order valence-corrected chi connectivity index (χ4v) is 1.32. The fourth-order valence-electron chi connectivity index (χ4n) is 1.32. The van der Waals surface area contributed by atoms with Crippen LogP contribution in [0, 0.1) is 5.82 Å². The van der Waals surface area contributed by atoms with Gasteiger partial charge in [-0.2, -0.15) is 0 Å². The largest absolute Gasteiger partial charge is 0.504 e. The first-order valence-electron chi connectivity index (χ1n) is 4.30. The third kappa shape index (κ3) is 1.97. The first-order valence-corrected chi connectivity index (χ1v) is 4.30. The van der Waals surface area contributed by atoms with Crippen molar-refractivity contribution in [1.82, 2.24) is 0 Å². The van der Waals surface area contributed by atoms with Crippen LogP contribution in [0.15, 0.2) is 6.07 Å². The molecule has 0 atom stereocenters. The molecule has 0 saturated heterocycles. The number of hydrogen-bond acceptors (Lipinski definition) is 4. The summed E-state index contributed by atoms with van der Waals surface area (Å²) in [5, 5.41) is 28.3. The number of phenolic OH excluding ortho intramolecular Hbond substituents is 2. The standard InChI is InChI=1S/C10H13FO4/c1-10(2,14)7-8(11)6(15-3)4-5(12)9(7)13/h4,12-14H,1-3H3. The summed E-state index contributed by atoms with van der Waals surface area (Å²) < 4.78 is 18.3. The van der Waals surface area contributed by atoms with Gasteiger partial charge in [-0.3, -0.25) is 0 Å². The minimum absolute atomic E-state index is 0.234. The van der Waals surface area contributed by atoms with E-state index in [0.717, 1.165) is 6.07 Å². The lowest BCUT2D eigenvalue weighted by molar-refractivity contribution is 0.0704. The van der Waals surface area contributed by atoms with E-state index < -0.39 is 22.9 Å². The van der Waals surface area contributed by atoms with E-state index in [1.807, 2.05) is 0 Å². The van der Waals surface area contributed by atoms with Crippen molar-refractivity contribution in [2.24, 2.45) is 0 Å². The van der Waals surface area contributed by atoms with Gasteiger partial charge >= 0.3 is 0 Å². The first kappa shape index (κ1) is 11.6. The molecule has 0 heterocycles. The van der Waals surface area contributed by atoms with Crippen LogP contribution in [0.5, 0.6) is 17.2 Å². The average Bonchev–Trinajstić information content (AvgIpc) is 2.09. The van der Waals surface area contributed by atoms with Crippen molar-refractivity contribution in [3.63, 3.8) is 0 Å². The second-order valence-electron chi connectivity index (χ2n) is 3.69. The predicted octanol–water partition coefficient (Wildman–Crippen LogP) is 1.47. The average molecular weight is 216 g/mol. The number of phenols is 2. The molecule has 1 aromatic carbocycles. The van der Waals surface area contributed by atoms with Crippen LogP contribution in [-0.2, 0) is 5.60 Å². The lowest BCUT2D eigenvalue weighted by atomic mass is 9.96. The number of methoxy groups -OCH3 is 1. The molecule has 0 spiro atoms. The van der Waals surface area contributed by atoms with E-state index in [4.69, 9.17) is 0 Å². The molecule has 0 radical (unpaired) electrons. The number of aliphatic hydroxyl groups is 1. The number of benzene rings is 1. The van der Waals surface area contributed by atoms with Crippen molar-refractivity contribution in [3.8, 4) is 17.2 Å². The second kappa shape index (κ2) is 3.58. The Kier molecular flexibility index (Phi) is 2.77. The Balaban J connectivity index is 3.55. The van der Waals surface area contributed by atoms with E-state index in [1.165, 1.54) is 21.0 Å². The Bertz CT molecular complexity index is 382. The van der Waals surface area contributed by atoms with E-state index in [-0.39, 0.29) is 11.3 Å². The molecule has 4 nitrogen and oxygen atoms in total. The first-order chi connectivity index (χ1) is 6.79. The van der Waals surface area contributed by atoms with Crippen LogP contribution in [-0.4, -0.2) is 22.4 Å². The molecule has 3 N–H and O–H groups in total. The maximum atomic E-state index is 13.7. The summed E-state index contributed by atoms with van der Waals surface area (Å²) in [4.78, 5) is 0. The molecule has 0 amide bonds. The molecule has 5 heteroatoms. The Hall–Kier alpha value is -1.49. The minimum atomic E-state index is -1.61. The zero-order valence-corrected chi connectivity index (χ0v) is 8.71. The summed E-state index contributed by atoms with van der Waals surface area (Å²) >= 11 is 0. The number of aromatic hydroxyl groups is 2. The van der Waals surface area contributed by atoms with Gasteiger partial charge in [-0.05, 0) is 13.8 Å². The van der Waals surface area contributed by atoms with Gasteiger partial charge in [-0.25, -0.2) is 4.39 Å². The molecule has 0 fully saturated rings. The maximum Gasteiger partial charge on any atom is 0.175 e. The van der Waals surface area contributed by atoms with Gasteiger partial charge in [0, 0.05) is 6.07 Å². The molecule has 0 unspecified atom stereocenters. The van der Waals surface area contributed by atoms with E-state index in [0.29, 0.717) is 0 Å². The number of hydrogen-bond donors (Lipinski definition) is 3. The van der Waals surface area contributed by atoms with Crippen molar-refractivity contribution in [2.75, 3.05) is 7.11 Å². The van der Waals surface area contributed by atoms with Crippen molar-refractivity contribution in [1.29, 1.82) is 0 Å². The van der Waals surface area contributed by atoms with Gasteiger partial charge < -0.3 is 20.1 Å². The summed E-state index contributed by atoms with van der Waals surface area (Å²) in [6, 6.07) is 0.944. The SMILES string of the molecule is COc1cc(O)c(O)c(C(C)(C)O)c1F. The number of ether oxygens (including phenoxy) is 1. The third-order valence-electron chi connectivity index (χ3n) is 2.01. The predicted molar refractivity (Wildman–Crippen MR) is 51.5 cm³/mol. The van der Waals surface area contributed by atoms with Crippen LogP contribution in [0.25, 0.3) is 0 Å². The van der Waals surface area contributed by atoms with Gasteiger partial charge in [0.25, 0.3) is 0 Å². The molecule has 1 rings (SSSR count). The Morgan fingerprint density at radius 2 is 1.87 bits per heavy atom. The lowest BCUT2D eigenvalue weighted by Crippen LogP contribution is -2.18. The van der Waals surface area contributed by atoms with Gasteiger partial charge in [0.05, 0.1) is 18.3 Å². The Morgan fingerprint density at radius 3 is 2.27 bits per heavy atom. The van der Waals surface area contributed by atoms with Crippen LogP contribution < -0.4 is 4.74 Å². The topological polar surface area (TPSA) is 69.9 Å². The van der Waals surface area contributed by atoms with Crippen LogP contribution in [0.1, 0.15) is 19.4 Å². The van der Waals surface area contributed by atoms with E-state index in [1.54, 1.807) is 0 Å². The minimum Gasteiger partial charge on any atom is -0.504 e. The highest BCUT2D eigenvalue weighted by Crippen LogP contribution is 2.41. The summed E-state index contributed by atoms with van der Waals surface area (Å²) in [5.74, 6) is -2.34. The normalized spacial score (nSPS) is 11.5. The smallest absolute Gasteiger partial charge is 0.175 e. The molecule has 0 aromatic heterocycles.